The monoisotopic (exact) mass is 334 g/mol. The van der Waals surface area contributed by atoms with Crippen LogP contribution in [0.15, 0.2) is 36.5 Å². The summed E-state index contributed by atoms with van der Waals surface area (Å²) in [5.41, 5.74) is 0. The molecule has 0 saturated carbocycles. The number of carbonyl (C=O) groups excluding carboxylic acids is 1. The Hall–Kier alpha value is -1.68. The van der Waals surface area contributed by atoms with Crippen molar-refractivity contribution in [2.75, 3.05) is 0 Å². The van der Waals surface area contributed by atoms with Gasteiger partial charge in [-0.15, -0.1) is 0 Å². The molecule has 0 radical (unpaired) electrons. The molecule has 1 aliphatic carbocycles. The highest BCUT2D eigenvalue weighted by Crippen LogP contribution is 2.27. The maximum Gasteiger partial charge on any atom is 0.303 e. The topological polar surface area (TPSA) is 74.6 Å². The average Bonchev–Trinajstić information content (AvgIpc) is 2.89. The minimum Gasteiger partial charge on any atom is -0.481 e. The SMILES string of the molecule is CCCCC[C@@H](O)/C=C/[C@@H]1C=CC(=O)[C@H]1C/C=C\CCCC(=O)O. The zero-order valence-electron chi connectivity index (χ0n) is 14.6. The van der Waals surface area contributed by atoms with Gasteiger partial charge in [-0.25, -0.2) is 0 Å². The van der Waals surface area contributed by atoms with E-state index in [-0.39, 0.29) is 24.0 Å². The maximum atomic E-state index is 12.0. The van der Waals surface area contributed by atoms with Crippen LogP contribution in [0.4, 0.5) is 0 Å². The Morgan fingerprint density at radius 3 is 2.79 bits per heavy atom. The van der Waals surface area contributed by atoms with Gasteiger partial charge < -0.3 is 10.2 Å². The third kappa shape index (κ3) is 8.25. The van der Waals surface area contributed by atoms with Gasteiger partial charge in [0.1, 0.15) is 0 Å². The summed E-state index contributed by atoms with van der Waals surface area (Å²) < 4.78 is 0. The third-order valence-corrected chi connectivity index (χ3v) is 4.29. The first-order valence-corrected chi connectivity index (χ1v) is 8.99. The molecule has 0 aromatic rings. The summed E-state index contributed by atoms with van der Waals surface area (Å²) in [5, 5.41) is 18.5. The van der Waals surface area contributed by atoms with Gasteiger partial charge in [0.15, 0.2) is 5.78 Å². The Balaban J connectivity index is 2.38. The van der Waals surface area contributed by atoms with Crippen LogP contribution >= 0.6 is 0 Å². The van der Waals surface area contributed by atoms with Crippen LogP contribution in [0.1, 0.15) is 58.3 Å². The molecule has 3 atom stereocenters. The molecule has 4 nitrogen and oxygen atoms in total. The molecular formula is C20H30O4. The smallest absolute Gasteiger partial charge is 0.303 e. The minimum absolute atomic E-state index is 0.0435. The van der Waals surface area contributed by atoms with Crippen molar-refractivity contribution in [3.05, 3.63) is 36.5 Å². The number of carboxylic acids is 1. The van der Waals surface area contributed by atoms with Crippen LogP contribution < -0.4 is 0 Å². The van der Waals surface area contributed by atoms with Gasteiger partial charge in [-0.1, -0.05) is 56.6 Å². The number of ketones is 1. The minimum atomic E-state index is -0.777. The molecule has 0 aliphatic heterocycles. The van der Waals surface area contributed by atoms with Gasteiger partial charge in [-0.05, 0) is 31.8 Å². The Kier molecular flexibility index (Phi) is 10.0. The van der Waals surface area contributed by atoms with Crippen molar-refractivity contribution in [3.8, 4) is 0 Å². The molecule has 0 unspecified atom stereocenters. The van der Waals surface area contributed by atoms with E-state index in [0.717, 1.165) is 32.1 Å². The Bertz CT molecular complexity index is 476. The molecule has 0 fully saturated rings. The lowest BCUT2D eigenvalue weighted by molar-refractivity contribution is -0.137. The lowest BCUT2D eigenvalue weighted by Crippen LogP contribution is -2.14. The van der Waals surface area contributed by atoms with Gasteiger partial charge >= 0.3 is 5.97 Å². The summed E-state index contributed by atoms with van der Waals surface area (Å²) in [5.74, 6) is -0.705. The fourth-order valence-corrected chi connectivity index (χ4v) is 2.81. The quantitative estimate of drug-likeness (QED) is 0.417. The van der Waals surface area contributed by atoms with Crippen LogP contribution in [-0.4, -0.2) is 28.1 Å². The number of allylic oxidation sites excluding steroid dienone is 5. The zero-order chi connectivity index (χ0) is 17.8. The van der Waals surface area contributed by atoms with Crippen molar-refractivity contribution in [1.82, 2.24) is 0 Å². The average molecular weight is 334 g/mol. The van der Waals surface area contributed by atoms with Crippen molar-refractivity contribution in [2.24, 2.45) is 11.8 Å². The number of hydrogen-bond donors (Lipinski definition) is 2. The molecule has 1 rings (SSSR count). The number of carbonyl (C=O) groups is 2. The van der Waals surface area contributed by atoms with E-state index in [9.17, 15) is 14.7 Å². The lowest BCUT2D eigenvalue weighted by Gasteiger charge is -2.13. The van der Waals surface area contributed by atoms with Gasteiger partial charge in [0.2, 0.25) is 0 Å². The number of carboxylic acid groups (broad SMARTS) is 1. The van der Waals surface area contributed by atoms with Crippen molar-refractivity contribution < 1.29 is 19.8 Å². The summed E-state index contributed by atoms with van der Waals surface area (Å²) in [6.45, 7) is 2.14. The van der Waals surface area contributed by atoms with Gasteiger partial charge in [0.05, 0.1) is 6.10 Å². The van der Waals surface area contributed by atoms with Crippen LogP contribution in [0.25, 0.3) is 0 Å². The fourth-order valence-electron chi connectivity index (χ4n) is 2.81. The van der Waals surface area contributed by atoms with E-state index < -0.39 is 12.1 Å². The number of rotatable bonds is 12. The summed E-state index contributed by atoms with van der Waals surface area (Å²) in [7, 11) is 0. The molecule has 24 heavy (non-hydrogen) atoms. The molecule has 0 saturated heterocycles. The van der Waals surface area contributed by atoms with E-state index in [1.54, 1.807) is 6.08 Å². The van der Waals surface area contributed by atoms with E-state index >= 15 is 0 Å². The normalized spacial score (nSPS) is 22.0. The predicted molar refractivity (Wildman–Crippen MR) is 95.7 cm³/mol. The number of aliphatic hydroxyl groups is 1. The van der Waals surface area contributed by atoms with Crippen molar-refractivity contribution >= 4 is 11.8 Å². The number of aliphatic carboxylic acids is 1. The lowest BCUT2D eigenvalue weighted by atomic mass is 9.90. The molecular weight excluding hydrogens is 304 g/mol. The number of hydrogen-bond acceptors (Lipinski definition) is 3. The van der Waals surface area contributed by atoms with Crippen LogP contribution in [0.5, 0.6) is 0 Å². The molecule has 0 bridgehead atoms. The van der Waals surface area contributed by atoms with E-state index in [2.05, 4.69) is 6.92 Å². The van der Waals surface area contributed by atoms with Gasteiger partial charge in [-0.3, -0.25) is 9.59 Å². The number of unbranched alkanes of at least 4 members (excludes halogenated alkanes) is 3. The first-order chi connectivity index (χ1) is 11.5. The molecule has 134 valence electrons. The van der Waals surface area contributed by atoms with Gasteiger partial charge in [0.25, 0.3) is 0 Å². The second kappa shape index (κ2) is 11.8. The highest BCUT2D eigenvalue weighted by molar-refractivity contribution is 5.95. The Labute approximate surface area is 145 Å². The summed E-state index contributed by atoms with van der Waals surface area (Å²) in [4.78, 5) is 22.4. The molecule has 0 amide bonds. The summed E-state index contributed by atoms with van der Waals surface area (Å²) >= 11 is 0. The van der Waals surface area contributed by atoms with Crippen LogP contribution in [0, 0.1) is 11.8 Å². The van der Waals surface area contributed by atoms with Crippen molar-refractivity contribution in [1.29, 1.82) is 0 Å². The highest BCUT2D eigenvalue weighted by Gasteiger charge is 2.27. The second-order valence-electron chi connectivity index (χ2n) is 6.39. The third-order valence-electron chi connectivity index (χ3n) is 4.29. The summed E-state index contributed by atoms with van der Waals surface area (Å²) in [6.07, 6.45) is 17.0. The molecule has 0 aromatic heterocycles. The van der Waals surface area contributed by atoms with Gasteiger partial charge in [-0.2, -0.15) is 0 Å². The van der Waals surface area contributed by atoms with E-state index in [1.165, 1.54) is 0 Å². The second-order valence-corrected chi connectivity index (χ2v) is 6.39. The Morgan fingerprint density at radius 2 is 2.08 bits per heavy atom. The largest absolute Gasteiger partial charge is 0.481 e. The Morgan fingerprint density at radius 1 is 1.29 bits per heavy atom. The van der Waals surface area contributed by atoms with E-state index in [1.807, 2.05) is 30.4 Å². The molecule has 0 aromatic carbocycles. The first-order valence-electron chi connectivity index (χ1n) is 8.99. The maximum absolute atomic E-state index is 12.0. The standard InChI is InChI=1S/C20H30O4/c1-2-3-6-9-17(21)14-12-16-13-15-19(22)18(16)10-7-4-5-8-11-20(23)24/h4,7,12-18,21H,2-3,5-6,8-11H2,1H3,(H,23,24)/b7-4-,14-12+/t16-,17-,18+/m1/s1. The molecule has 0 spiro atoms. The van der Waals surface area contributed by atoms with Crippen molar-refractivity contribution in [3.63, 3.8) is 0 Å². The molecule has 2 N–H and O–H groups in total. The zero-order valence-corrected chi connectivity index (χ0v) is 14.6. The van der Waals surface area contributed by atoms with Crippen LogP contribution in [0.2, 0.25) is 0 Å². The van der Waals surface area contributed by atoms with Crippen LogP contribution in [-0.2, 0) is 9.59 Å². The van der Waals surface area contributed by atoms with Crippen molar-refractivity contribution in [2.45, 2.75) is 64.4 Å². The highest BCUT2D eigenvalue weighted by atomic mass is 16.4. The van der Waals surface area contributed by atoms with Gasteiger partial charge in [0, 0.05) is 18.3 Å². The first kappa shape index (κ1) is 20.4. The fraction of sp³-hybridized carbons (Fsp3) is 0.600. The number of aliphatic hydroxyl groups excluding tert-OH is 1. The van der Waals surface area contributed by atoms with E-state index in [0.29, 0.717) is 12.8 Å². The van der Waals surface area contributed by atoms with E-state index in [4.69, 9.17) is 5.11 Å². The molecule has 1 aliphatic rings. The molecule has 4 heteroatoms. The van der Waals surface area contributed by atoms with Crippen LogP contribution in [0.3, 0.4) is 0 Å². The molecule has 0 heterocycles. The summed E-state index contributed by atoms with van der Waals surface area (Å²) in [6, 6.07) is 0. The predicted octanol–water partition coefficient (Wildman–Crippen LogP) is 4.06.